The highest BCUT2D eigenvalue weighted by Crippen LogP contribution is 2.28. The zero-order valence-corrected chi connectivity index (χ0v) is 17.4. The molecule has 0 spiro atoms. The summed E-state index contributed by atoms with van der Waals surface area (Å²) < 4.78 is 11.2. The maximum absolute atomic E-state index is 11.7. The summed E-state index contributed by atoms with van der Waals surface area (Å²) in [5, 5.41) is 11.4. The first-order valence-corrected chi connectivity index (χ1v) is 10.2. The third-order valence-corrected chi connectivity index (χ3v) is 5.56. The summed E-state index contributed by atoms with van der Waals surface area (Å²) in [7, 11) is 0. The fraction of sp³-hybridized carbons (Fsp3) is 0.391. The number of aromatic nitrogens is 1. The van der Waals surface area contributed by atoms with E-state index in [1.807, 2.05) is 50.4 Å². The Morgan fingerprint density at radius 3 is 2.70 bits per heavy atom. The minimum Gasteiger partial charge on any atom is -0.490 e. The topological polar surface area (TPSA) is 79.0 Å². The Kier molecular flexibility index (Phi) is 6.01. The van der Waals surface area contributed by atoms with Gasteiger partial charge in [0.05, 0.1) is 0 Å². The number of hydrogen-bond acceptors (Lipinski definition) is 7. The quantitative estimate of drug-likeness (QED) is 0.626. The van der Waals surface area contributed by atoms with Gasteiger partial charge in [-0.05, 0) is 43.7 Å². The third kappa shape index (κ3) is 4.47. The van der Waals surface area contributed by atoms with Crippen LogP contribution in [0.1, 0.15) is 11.1 Å². The predicted octanol–water partition coefficient (Wildman–Crippen LogP) is 2.37. The molecule has 0 unspecified atom stereocenters. The van der Waals surface area contributed by atoms with Crippen LogP contribution in [0.5, 0.6) is 5.75 Å². The molecule has 7 heteroatoms. The van der Waals surface area contributed by atoms with Crippen molar-refractivity contribution in [3.05, 3.63) is 64.1 Å². The molecular weight excluding hydrogens is 382 g/mol. The number of aryl methyl sites for hydroxylation is 2. The van der Waals surface area contributed by atoms with Crippen LogP contribution in [-0.2, 0) is 0 Å². The number of aliphatic hydroxyl groups excluding tert-OH is 1. The Morgan fingerprint density at radius 1 is 1.17 bits per heavy atom. The van der Waals surface area contributed by atoms with Gasteiger partial charge < -0.3 is 19.2 Å². The Hall–Kier alpha value is -2.90. The second-order valence-corrected chi connectivity index (χ2v) is 7.75. The van der Waals surface area contributed by atoms with Crippen LogP contribution in [-0.4, -0.2) is 60.4 Å². The molecule has 0 bridgehead atoms. The number of pyridine rings is 1. The molecule has 158 valence electrons. The van der Waals surface area contributed by atoms with Crippen molar-refractivity contribution in [2.45, 2.75) is 20.0 Å². The van der Waals surface area contributed by atoms with Crippen LogP contribution < -0.4 is 15.3 Å². The van der Waals surface area contributed by atoms with E-state index in [-0.39, 0.29) is 12.2 Å². The molecule has 1 atom stereocenters. The van der Waals surface area contributed by atoms with E-state index in [0.29, 0.717) is 17.9 Å². The van der Waals surface area contributed by atoms with Gasteiger partial charge in [0.1, 0.15) is 29.9 Å². The van der Waals surface area contributed by atoms with Gasteiger partial charge in [0, 0.05) is 55.9 Å². The van der Waals surface area contributed by atoms with E-state index in [2.05, 4.69) is 14.8 Å². The van der Waals surface area contributed by atoms with Crippen molar-refractivity contribution in [1.29, 1.82) is 0 Å². The fourth-order valence-electron chi connectivity index (χ4n) is 3.89. The second-order valence-electron chi connectivity index (χ2n) is 7.75. The molecular formula is C23H27N3O4. The first kappa shape index (κ1) is 20.4. The normalized spacial score (nSPS) is 16.0. The van der Waals surface area contributed by atoms with Crippen molar-refractivity contribution in [2.75, 3.05) is 44.2 Å². The molecule has 1 saturated heterocycles. The molecule has 7 nitrogen and oxygen atoms in total. The number of anilines is 1. The second kappa shape index (κ2) is 8.85. The van der Waals surface area contributed by atoms with Gasteiger partial charge in [0.2, 0.25) is 0 Å². The van der Waals surface area contributed by atoms with Gasteiger partial charge in [0.15, 0.2) is 0 Å². The van der Waals surface area contributed by atoms with Crippen LogP contribution in [0.25, 0.3) is 11.0 Å². The van der Waals surface area contributed by atoms with Crippen LogP contribution in [0.3, 0.4) is 0 Å². The molecule has 3 heterocycles. The van der Waals surface area contributed by atoms with Gasteiger partial charge in [-0.15, -0.1) is 0 Å². The Balaban J connectivity index is 1.32. The maximum atomic E-state index is 11.7. The molecule has 1 aliphatic rings. The largest absolute Gasteiger partial charge is 0.490 e. The summed E-state index contributed by atoms with van der Waals surface area (Å²) in [5.74, 6) is 1.62. The summed E-state index contributed by atoms with van der Waals surface area (Å²) >= 11 is 0. The predicted molar refractivity (Wildman–Crippen MR) is 116 cm³/mol. The number of nitrogens with zero attached hydrogens (tertiary/aromatic N) is 3. The molecule has 1 aliphatic heterocycles. The molecule has 2 aromatic heterocycles. The highest BCUT2D eigenvalue weighted by atomic mass is 16.5. The van der Waals surface area contributed by atoms with E-state index < -0.39 is 6.10 Å². The number of β-amino-alcohol motifs (C(OH)–C–C–N with tert-alkyl or cyclic N) is 1. The van der Waals surface area contributed by atoms with Crippen molar-refractivity contribution < 1.29 is 14.3 Å². The Morgan fingerprint density at radius 2 is 1.97 bits per heavy atom. The van der Waals surface area contributed by atoms with E-state index >= 15 is 0 Å². The summed E-state index contributed by atoms with van der Waals surface area (Å²) in [5.41, 5.74) is 1.81. The zero-order chi connectivity index (χ0) is 21.1. The van der Waals surface area contributed by atoms with Gasteiger partial charge in [-0.25, -0.2) is 9.78 Å². The van der Waals surface area contributed by atoms with Crippen molar-refractivity contribution in [3.63, 3.8) is 0 Å². The van der Waals surface area contributed by atoms with E-state index in [4.69, 9.17) is 9.15 Å². The van der Waals surface area contributed by atoms with Crippen LogP contribution in [0.2, 0.25) is 0 Å². The molecule has 0 radical (unpaired) electrons. The molecule has 1 aromatic carbocycles. The third-order valence-electron chi connectivity index (χ3n) is 5.56. The standard InChI is InChI=1S/C23H27N3O4/c1-16-13-22(28)30-23-17(2)20(7-6-19(16)23)29-15-18(27)14-25-9-11-26(12-10-25)21-5-3-4-8-24-21/h3-8,13,18,27H,9-12,14-15H2,1-2H3/t18-/m0/s1. The molecule has 0 saturated carbocycles. The average molecular weight is 409 g/mol. The molecule has 0 amide bonds. The SMILES string of the molecule is Cc1cc(=O)oc2c(C)c(OC[C@@H](O)CN3CCN(c4ccccn4)CC3)ccc12. The average Bonchev–Trinajstić information content (AvgIpc) is 2.75. The first-order valence-electron chi connectivity index (χ1n) is 10.2. The number of benzene rings is 1. The van der Waals surface area contributed by atoms with Crippen LogP contribution in [0.4, 0.5) is 5.82 Å². The van der Waals surface area contributed by atoms with E-state index in [0.717, 1.165) is 48.5 Å². The highest BCUT2D eigenvalue weighted by Gasteiger charge is 2.20. The maximum Gasteiger partial charge on any atom is 0.336 e. The van der Waals surface area contributed by atoms with Crippen LogP contribution >= 0.6 is 0 Å². The van der Waals surface area contributed by atoms with Gasteiger partial charge in [0.25, 0.3) is 0 Å². The molecule has 1 N–H and O–H groups in total. The van der Waals surface area contributed by atoms with E-state index in [1.54, 1.807) is 0 Å². The Labute approximate surface area is 175 Å². The number of piperazine rings is 1. The molecule has 4 rings (SSSR count). The highest BCUT2D eigenvalue weighted by molar-refractivity contribution is 5.84. The molecule has 1 fully saturated rings. The molecule has 0 aliphatic carbocycles. The lowest BCUT2D eigenvalue weighted by atomic mass is 10.1. The lowest BCUT2D eigenvalue weighted by Gasteiger charge is -2.36. The van der Waals surface area contributed by atoms with Crippen molar-refractivity contribution in [1.82, 2.24) is 9.88 Å². The van der Waals surface area contributed by atoms with Gasteiger partial charge >= 0.3 is 5.63 Å². The minimum atomic E-state index is -0.606. The lowest BCUT2D eigenvalue weighted by Crippen LogP contribution is -2.49. The van der Waals surface area contributed by atoms with Gasteiger partial charge in [-0.2, -0.15) is 0 Å². The van der Waals surface area contributed by atoms with Gasteiger partial charge in [-0.1, -0.05) is 6.07 Å². The summed E-state index contributed by atoms with van der Waals surface area (Å²) in [6.45, 7) is 7.99. The number of ether oxygens (including phenoxy) is 1. The molecule has 30 heavy (non-hydrogen) atoms. The lowest BCUT2D eigenvalue weighted by molar-refractivity contribution is 0.0660. The smallest absolute Gasteiger partial charge is 0.336 e. The number of aliphatic hydroxyl groups is 1. The summed E-state index contributed by atoms with van der Waals surface area (Å²) in [6.07, 6.45) is 1.20. The van der Waals surface area contributed by atoms with Crippen molar-refractivity contribution in [2.24, 2.45) is 0 Å². The summed E-state index contributed by atoms with van der Waals surface area (Å²) in [4.78, 5) is 20.6. The fourth-order valence-corrected chi connectivity index (χ4v) is 3.89. The number of hydrogen-bond donors (Lipinski definition) is 1. The van der Waals surface area contributed by atoms with E-state index in [9.17, 15) is 9.90 Å². The Bertz CT molecular complexity index is 1060. The molecule has 3 aromatic rings. The van der Waals surface area contributed by atoms with E-state index in [1.165, 1.54) is 6.07 Å². The summed E-state index contributed by atoms with van der Waals surface area (Å²) in [6, 6.07) is 11.2. The first-order chi connectivity index (χ1) is 14.5. The van der Waals surface area contributed by atoms with Crippen molar-refractivity contribution in [3.8, 4) is 5.75 Å². The monoisotopic (exact) mass is 409 g/mol. The van der Waals surface area contributed by atoms with Crippen LogP contribution in [0, 0.1) is 13.8 Å². The van der Waals surface area contributed by atoms with Crippen molar-refractivity contribution >= 4 is 16.8 Å². The minimum absolute atomic E-state index is 0.183. The number of fused-ring (bicyclic) bond motifs is 1. The zero-order valence-electron chi connectivity index (χ0n) is 17.4. The van der Waals surface area contributed by atoms with Gasteiger partial charge in [-0.3, -0.25) is 4.90 Å². The van der Waals surface area contributed by atoms with Crippen LogP contribution in [0.15, 0.2) is 51.8 Å². The number of rotatable bonds is 6.